The second-order valence-electron chi connectivity index (χ2n) is 5.43. The highest BCUT2D eigenvalue weighted by Crippen LogP contribution is 2.19. The lowest BCUT2D eigenvalue weighted by Crippen LogP contribution is -2.22. The van der Waals surface area contributed by atoms with Gasteiger partial charge >= 0.3 is 0 Å². The minimum absolute atomic E-state index is 0.0877. The molecule has 0 heterocycles. The first-order chi connectivity index (χ1) is 11.0. The molecule has 0 bridgehead atoms. The summed E-state index contributed by atoms with van der Waals surface area (Å²) in [5, 5.41) is 2.83. The molecule has 4 nitrogen and oxygen atoms in total. The number of anilines is 1. The van der Waals surface area contributed by atoms with Gasteiger partial charge in [-0.2, -0.15) is 0 Å². The molecule has 0 aliphatic heterocycles. The van der Waals surface area contributed by atoms with Crippen molar-refractivity contribution in [1.29, 1.82) is 0 Å². The van der Waals surface area contributed by atoms with Gasteiger partial charge in [-0.3, -0.25) is 9.59 Å². The van der Waals surface area contributed by atoms with Crippen LogP contribution in [0.2, 0.25) is 0 Å². The van der Waals surface area contributed by atoms with Crippen molar-refractivity contribution in [2.45, 2.75) is 11.8 Å². The third kappa shape index (κ3) is 5.14. The Morgan fingerprint density at radius 2 is 1.83 bits per heavy atom. The molecule has 0 radical (unpaired) electrons. The number of aryl methyl sites for hydroxylation is 1. The van der Waals surface area contributed by atoms with Gasteiger partial charge in [-0.25, -0.2) is 0 Å². The van der Waals surface area contributed by atoms with E-state index in [0.717, 1.165) is 4.90 Å². The highest BCUT2D eigenvalue weighted by atomic mass is 32.2. The van der Waals surface area contributed by atoms with Crippen molar-refractivity contribution in [3.05, 3.63) is 59.7 Å². The largest absolute Gasteiger partial charge is 0.345 e. The molecule has 0 aliphatic carbocycles. The van der Waals surface area contributed by atoms with E-state index in [4.69, 9.17) is 0 Å². The molecule has 1 N–H and O–H groups in total. The number of thioether (sulfide) groups is 1. The molecule has 120 valence electrons. The van der Waals surface area contributed by atoms with Crippen LogP contribution in [-0.4, -0.2) is 36.6 Å². The molecular formula is C18H20N2O2S. The van der Waals surface area contributed by atoms with Crippen LogP contribution in [0.3, 0.4) is 0 Å². The van der Waals surface area contributed by atoms with Gasteiger partial charge in [-0.15, -0.1) is 11.8 Å². The fraction of sp³-hybridized carbons (Fsp3) is 0.222. The smallest absolute Gasteiger partial charge is 0.253 e. The molecule has 5 heteroatoms. The Morgan fingerprint density at radius 3 is 2.52 bits per heavy atom. The van der Waals surface area contributed by atoms with Crippen molar-refractivity contribution in [3.63, 3.8) is 0 Å². The zero-order valence-electron chi connectivity index (χ0n) is 13.5. The summed E-state index contributed by atoms with van der Waals surface area (Å²) in [6, 6.07) is 15.0. The van der Waals surface area contributed by atoms with Gasteiger partial charge in [0.15, 0.2) is 0 Å². The van der Waals surface area contributed by atoms with Crippen LogP contribution in [0.5, 0.6) is 0 Å². The van der Waals surface area contributed by atoms with Crippen LogP contribution in [0.4, 0.5) is 5.69 Å². The Kier molecular flexibility index (Phi) is 5.82. The highest BCUT2D eigenvalue weighted by Gasteiger charge is 2.09. The summed E-state index contributed by atoms with van der Waals surface area (Å²) in [7, 11) is 3.40. The number of carbonyl (C=O) groups excluding carboxylic acids is 2. The van der Waals surface area contributed by atoms with Gasteiger partial charge in [-0.05, 0) is 37.3 Å². The molecule has 0 unspecified atom stereocenters. The van der Waals surface area contributed by atoms with E-state index in [1.165, 1.54) is 22.2 Å². The van der Waals surface area contributed by atoms with Crippen molar-refractivity contribution < 1.29 is 9.59 Å². The van der Waals surface area contributed by atoms with Gasteiger partial charge in [0.2, 0.25) is 5.91 Å². The predicted octanol–water partition coefficient (Wildman–Crippen LogP) is 3.43. The van der Waals surface area contributed by atoms with Gasteiger partial charge in [0, 0.05) is 30.2 Å². The second-order valence-corrected chi connectivity index (χ2v) is 6.48. The molecule has 2 rings (SSSR count). The quantitative estimate of drug-likeness (QED) is 0.856. The van der Waals surface area contributed by atoms with Crippen LogP contribution in [0.25, 0.3) is 0 Å². The Labute approximate surface area is 140 Å². The SMILES string of the molecule is Cc1cccc(SCC(=O)Nc2cccc(C(=O)N(C)C)c2)c1. The zero-order valence-corrected chi connectivity index (χ0v) is 14.3. The lowest BCUT2D eigenvalue weighted by Gasteiger charge is -2.11. The predicted molar refractivity (Wildman–Crippen MR) is 95.0 cm³/mol. The molecule has 2 aromatic rings. The number of nitrogens with one attached hydrogen (secondary N) is 1. The van der Waals surface area contributed by atoms with E-state index in [0.29, 0.717) is 17.0 Å². The monoisotopic (exact) mass is 328 g/mol. The molecule has 0 saturated heterocycles. The fourth-order valence-corrected chi connectivity index (χ4v) is 2.85. The molecule has 2 amide bonds. The lowest BCUT2D eigenvalue weighted by atomic mass is 10.2. The summed E-state index contributed by atoms with van der Waals surface area (Å²) in [5.74, 6) is 0.149. The lowest BCUT2D eigenvalue weighted by molar-refractivity contribution is -0.113. The molecule has 2 aromatic carbocycles. The maximum atomic E-state index is 12.1. The molecule has 0 saturated carbocycles. The van der Waals surface area contributed by atoms with Crippen LogP contribution < -0.4 is 5.32 Å². The van der Waals surface area contributed by atoms with Crippen molar-refractivity contribution in [3.8, 4) is 0 Å². The normalized spacial score (nSPS) is 10.2. The standard InChI is InChI=1S/C18H20N2O2S/c1-13-6-4-9-16(10-13)23-12-17(21)19-15-8-5-7-14(11-15)18(22)20(2)3/h4-11H,12H2,1-3H3,(H,19,21). The molecule has 0 aromatic heterocycles. The first kappa shape index (κ1) is 17.1. The van der Waals surface area contributed by atoms with Gasteiger partial charge in [0.1, 0.15) is 0 Å². The number of hydrogen-bond acceptors (Lipinski definition) is 3. The van der Waals surface area contributed by atoms with Crippen molar-refractivity contribution >= 4 is 29.3 Å². The third-order valence-corrected chi connectivity index (χ3v) is 4.15. The Bertz CT molecular complexity index is 714. The van der Waals surface area contributed by atoms with Gasteiger partial charge in [0.25, 0.3) is 5.91 Å². The van der Waals surface area contributed by atoms with Gasteiger partial charge < -0.3 is 10.2 Å². The topological polar surface area (TPSA) is 49.4 Å². The van der Waals surface area contributed by atoms with E-state index in [1.54, 1.807) is 38.4 Å². The first-order valence-electron chi connectivity index (χ1n) is 7.27. The van der Waals surface area contributed by atoms with E-state index in [9.17, 15) is 9.59 Å². The zero-order chi connectivity index (χ0) is 16.8. The van der Waals surface area contributed by atoms with Crippen LogP contribution in [-0.2, 0) is 4.79 Å². The van der Waals surface area contributed by atoms with E-state index >= 15 is 0 Å². The average molecular weight is 328 g/mol. The summed E-state index contributed by atoms with van der Waals surface area (Å²) in [5.41, 5.74) is 2.36. The number of benzene rings is 2. The number of hydrogen-bond donors (Lipinski definition) is 1. The van der Waals surface area contributed by atoms with Crippen molar-refractivity contribution in [2.75, 3.05) is 25.2 Å². The van der Waals surface area contributed by atoms with E-state index < -0.39 is 0 Å². The van der Waals surface area contributed by atoms with E-state index in [-0.39, 0.29) is 11.8 Å². The van der Waals surface area contributed by atoms with Gasteiger partial charge in [-0.1, -0.05) is 23.8 Å². The molecule has 0 aliphatic rings. The van der Waals surface area contributed by atoms with Crippen LogP contribution in [0.15, 0.2) is 53.4 Å². The number of carbonyl (C=O) groups is 2. The number of amides is 2. The molecule has 0 fully saturated rings. The highest BCUT2D eigenvalue weighted by molar-refractivity contribution is 8.00. The maximum Gasteiger partial charge on any atom is 0.253 e. The number of rotatable bonds is 5. The third-order valence-electron chi connectivity index (χ3n) is 3.16. The Hall–Kier alpha value is -2.27. The van der Waals surface area contributed by atoms with Gasteiger partial charge in [0.05, 0.1) is 5.75 Å². The van der Waals surface area contributed by atoms with Crippen LogP contribution in [0.1, 0.15) is 15.9 Å². The fourth-order valence-electron chi connectivity index (χ4n) is 2.04. The van der Waals surface area contributed by atoms with Crippen molar-refractivity contribution in [2.24, 2.45) is 0 Å². The molecule has 0 atom stereocenters. The first-order valence-corrected chi connectivity index (χ1v) is 8.25. The Balaban J connectivity index is 1.95. The minimum atomic E-state index is -0.0917. The maximum absolute atomic E-state index is 12.1. The Morgan fingerprint density at radius 1 is 1.09 bits per heavy atom. The summed E-state index contributed by atoms with van der Waals surface area (Å²) in [4.78, 5) is 26.6. The number of nitrogens with zero attached hydrogens (tertiary/aromatic N) is 1. The van der Waals surface area contributed by atoms with E-state index in [2.05, 4.69) is 5.32 Å². The summed E-state index contributed by atoms with van der Waals surface area (Å²) < 4.78 is 0. The van der Waals surface area contributed by atoms with E-state index in [1.807, 2.05) is 31.2 Å². The summed E-state index contributed by atoms with van der Waals surface area (Å²) >= 11 is 1.49. The summed E-state index contributed by atoms with van der Waals surface area (Å²) in [6.07, 6.45) is 0. The van der Waals surface area contributed by atoms with Crippen LogP contribution in [0, 0.1) is 6.92 Å². The second kappa shape index (κ2) is 7.83. The minimum Gasteiger partial charge on any atom is -0.345 e. The van der Waals surface area contributed by atoms with Crippen molar-refractivity contribution in [1.82, 2.24) is 4.90 Å². The van der Waals surface area contributed by atoms with Crippen LogP contribution >= 0.6 is 11.8 Å². The molecule has 0 spiro atoms. The summed E-state index contributed by atoms with van der Waals surface area (Å²) in [6.45, 7) is 2.03. The average Bonchev–Trinajstić information content (AvgIpc) is 2.52. The molecular weight excluding hydrogens is 308 g/mol. The molecule has 23 heavy (non-hydrogen) atoms.